The monoisotopic (exact) mass is 471 g/mol. The first-order chi connectivity index (χ1) is 14.9. The molecule has 8 heteroatoms. The molecule has 3 aromatic rings. The molecule has 0 aliphatic carbocycles. The highest BCUT2D eigenvalue weighted by molar-refractivity contribution is 8.18. The van der Waals surface area contributed by atoms with Crippen LogP contribution in [0.3, 0.4) is 0 Å². The van der Waals surface area contributed by atoms with Crippen molar-refractivity contribution in [3.05, 3.63) is 80.4 Å². The van der Waals surface area contributed by atoms with Gasteiger partial charge in [-0.2, -0.15) is 0 Å². The lowest BCUT2D eigenvalue weighted by molar-refractivity contribution is -0.115. The Hall–Kier alpha value is -2.67. The molecule has 2 aromatic carbocycles. The number of amides is 1. The molecule has 0 saturated carbocycles. The van der Waals surface area contributed by atoms with Crippen LogP contribution in [0.5, 0.6) is 5.75 Å². The quantitative estimate of drug-likeness (QED) is 0.454. The Morgan fingerprint density at radius 2 is 1.77 bits per heavy atom. The highest BCUT2D eigenvalue weighted by atomic mass is 35.5. The number of benzene rings is 2. The van der Waals surface area contributed by atoms with Crippen LogP contribution in [0.1, 0.15) is 17.0 Å². The number of aryl methyl sites for hydroxylation is 1. The average molecular weight is 472 g/mol. The van der Waals surface area contributed by atoms with E-state index in [9.17, 15) is 4.79 Å². The highest BCUT2D eigenvalue weighted by Crippen LogP contribution is 2.34. The summed E-state index contributed by atoms with van der Waals surface area (Å²) in [6.07, 6.45) is 1.88. The Morgan fingerprint density at radius 3 is 2.48 bits per heavy atom. The highest BCUT2D eigenvalue weighted by Gasteiger charge is 2.25. The summed E-state index contributed by atoms with van der Waals surface area (Å²) in [5, 5.41) is 4.52. The third-order valence-electron chi connectivity index (χ3n) is 4.86. The van der Waals surface area contributed by atoms with Crippen LogP contribution in [-0.4, -0.2) is 22.8 Å². The van der Waals surface area contributed by atoms with Gasteiger partial charge in [-0.1, -0.05) is 23.2 Å². The summed E-state index contributed by atoms with van der Waals surface area (Å²) >= 11 is 13.4. The Morgan fingerprint density at radius 1 is 1.06 bits per heavy atom. The van der Waals surface area contributed by atoms with E-state index >= 15 is 0 Å². The van der Waals surface area contributed by atoms with Crippen LogP contribution in [0.25, 0.3) is 11.8 Å². The van der Waals surface area contributed by atoms with Gasteiger partial charge in [-0.05, 0) is 85.8 Å². The van der Waals surface area contributed by atoms with Crippen LogP contribution >= 0.6 is 35.0 Å². The molecule has 0 bridgehead atoms. The first-order valence-electron chi connectivity index (χ1n) is 9.43. The summed E-state index contributed by atoms with van der Waals surface area (Å²) in [6.45, 7) is 4.06. The molecule has 0 radical (unpaired) electrons. The van der Waals surface area contributed by atoms with Crippen molar-refractivity contribution in [2.45, 2.75) is 13.8 Å². The normalized spacial score (nSPS) is 16.2. The van der Waals surface area contributed by atoms with Gasteiger partial charge >= 0.3 is 0 Å². The van der Waals surface area contributed by atoms with E-state index in [1.54, 1.807) is 25.3 Å². The van der Waals surface area contributed by atoms with Gasteiger partial charge in [0.05, 0.1) is 12.0 Å². The minimum absolute atomic E-state index is 0.193. The lowest BCUT2D eigenvalue weighted by atomic mass is 10.2. The fraction of sp³-hybridized carbons (Fsp3) is 0.130. The largest absolute Gasteiger partial charge is 0.494 e. The van der Waals surface area contributed by atoms with Crippen LogP contribution in [0.2, 0.25) is 10.0 Å². The van der Waals surface area contributed by atoms with Gasteiger partial charge < -0.3 is 14.6 Å². The van der Waals surface area contributed by atoms with E-state index in [0.717, 1.165) is 22.6 Å². The first kappa shape index (κ1) is 21.6. The number of rotatable bonds is 4. The predicted octanol–water partition coefficient (Wildman–Crippen LogP) is 6.30. The third-order valence-corrected chi connectivity index (χ3v) is 6.25. The fourth-order valence-corrected chi connectivity index (χ4v) is 4.52. The number of nitrogens with one attached hydrogen (secondary N) is 1. The van der Waals surface area contributed by atoms with Crippen molar-refractivity contribution in [1.82, 2.24) is 9.88 Å². The molecule has 0 unspecified atom stereocenters. The number of aliphatic imine (C=N–C) groups is 1. The summed E-state index contributed by atoms with van der Waals surface area (Å²) in [5.41, 5.74) is 4.63. The van der Waals surface area contributed by atoms with Gasteiger partial charge in [0.1, 0.15) is 11.4 Å². The molecule has 1 aliphatic rings. The summed E-state index contributed by atoms with van der Waals surface area (Å²) < 4.78 is 7.46. The van der Waals surface area contributed by atoms with Crippen molar-refractivity contribution in [2.75, 3.05) is 7.11 Å². The summed E-state index contributed by atoms with van der Waals surface area (Å²) in [5.74, 6) is 0.386. The Labute approximate surface area is 194 Å². The Bertz CT molecular complexity index is 1230. The zero-order valence-corrected chi connectivity index (χ0v) is 19.4. The van der Waals surface area contributed by atoms with Gasteiger partial charge in [-0.25, -0.2) is 4.99 Å². The second-order valence-corrected chi connectivity index (χ2v) is 8.84. The number of hydrogen-bond donors (Lipinski definition) is 1. The number of ether oxygens (including phenoxy) is 1. The molecular weight excluding hydrogens is 453 g/mol. The second-order valence-electron chi connectivity index (χ2n) is 6.94. The predicted molar refractivity (Wildman–Crippen MR) is 129 cm³/mol. The van der Waals surface area contributed by atoms with Crippen molar-refractivity contribution in [1.29, 1.82) is 0 Å². The fourth-order valence-electron chi connectivity index (χ4n) is 3.40. The number of thioether (sulfide) groups is 1. The number of methoxy groups -OCH3 is 1. The molecule has 1 saturated heterocycles. The maximum absolute atomic E-state index is 12.6. The van der Waals surface area contributed by atoms with Crippen molar-refractivity contribution < 1.29 is 9.53 Å². The molecule has 0 spiro atoms. The van der Waals surface area contributed by atoms with Crippen LogP contribution in [-0.2, 0) is 4.79 Å². The van der Waals surface area contributed by atoms with Crippen LogP contribution in [0.15, 0.2) is 58.4 Å². The molecule has 1 aliphatic heterocycles. The summed E-state index contributed by atoms with van der Waals surface area (Å²) in [7, 11) is 1.56. The number of carbonyl (C=O) groups excluding carboxylic acids is 1. The Balaban J connectivity index is 1.65. The molecular formula is C23H19Cl2N3O2S. The topological polar surface area (TPSA) is 55.6 Å². The second kappa shape index (κ2) is 8.83. The minimum atomic E-state index is -0.193. The average Bonchev–Trinajstić information content (AvgIpc) is 3.21. The van der Waals surface area contributed by atoms with Gasteiger partial charge in [0.2, 0.25) is 0 Å². The SMILES string of the molecule is COc1ccc(Cl)cc1N=C1NC(=O)/C(=C/c2cc(C)n(-c3ccc(Cl)cc3)c2C)S1. The van der Waals surface area contributed by atoms with E-state index in [4.69, 9.17) is 27.9 Å². The van der Waals surface area contributed by atoms with Crippen LogP contribution < -0.4 is 10.1 Å². The molecule has 1 fully saturated rings. The molecule has 5 nitrogen and oxygen atoms in total. The molecule has 1 aromatic heterocycles. The molecule has 1 amide bonds. The molecule has 158 valence electrons. The van der Waals surface area contributed by atoms with Crippen molar-refractivity contribution in [3.8, 4) is 11.4 Å². The van der Waals surface area contributed by atoms with Gasteiger partial charge in [-0.3, -0.25) is 4.79 Å². The maximum Gasteiger partial charge on any atom is 0.264 e. The van der Waals surface area contributed by atoms with Crippen molar-refractivity contribution in [2.24, 2.45) is 4.99 Å². The van der Waals surface area contributed by atoms with E-state index in [1.165, 1.54) is 11.8 Å². The lowest BCUT2D eigenvalue weighted by Gasteiger charge is -2.09. The minimum Gasteiger partial charge on any atom is -0.494 e. The maximum atomic E-state index is 12.6. The number of carbonyl (C=O) groups is 1. The van der Waals surface area contributed by atoms with Crippen molar-refractivity contribution >= 4 is 57.8 Å². The van der Waals surface area contributed by atoms with Gasteiger partial charge in [-0.15, -0.1) is 0 Å². The lowest BCUT2D eigenvalue weighted by Crippen LogP contribution is -2.19. The molecule has 0 atom stereocenters. The standard InChI is InChI=1S/C23H19Cl2N3O2S/c1-13-10-15(14(2)28(13)18-7-4-16(24)5-8-18)11-21-22(29)27-23(31-21)26-19-12-17(25)6-9-20(19)30-3/h4-12H,1-3H3,(H,26,27,29)/b21-11-. The van der Waals surface area contributed by atoms with E-state index in [2.05, 4.69) is 20.9 Å². The number of hydrogen-bond acceptors (Lipinski definition) is 4. The number of nitrogens with zero attached hydrogens (tertiary/aromatic N) is 2. The molecule has 4 rings (SSSR count). The third kappa shape index (κ3) is 4.51. The smallest absolute Gasteiger partial charge is 0.264 e. The number of amidine groups is 1. The van der Waals surface area contributed by atoms with Gasteiger partial charge in [0.25, 0.3) is 5.91 Å². The summed E-state index contributed by atoms with van der Waals surface area (Å²) in [6, 6.07) is 14.9. The van der Waals surface area contributed by atoms with Crippen LogP contribution in [0, 0.1) is 13.8 Å². The van der Waals surface area contributed by atoms with E-state index in [1.807, 2.05) is 44.2 Å². The Kier molecular flexibility index (Phi) is 6.14. The number of halogens is 2. The number of aromatic nitrogens is 1. The first-order valence-corrected chi connectivity index (χ1v) is 11.0. The molecule has 1 N–H and O–H groups in total. The molecule has 31 heavy (non-hydrogen) atoms. The van der Waals surface area contributed by atoms with Crippen LogP contribution in [0.4, 0.5) is 5.69 Å². The zero-order valence-electron chi connectivity index (χ0n) is 17.1. The van der Waals surface area contributed by atoms with E-state index < -0.39 is 0 Å². The summed E-state index contributed by atoms with van der Waals surface area (Å²) in [4.78, 5) is 17.6. The van der Waals surface area contributed by atoms with Gasteiger partial charge in [0, 0.05) is 27.1 Å². The van der Waals surface area contributed by atoms with E-state index in [0.29, 0.717) is 31.6 Å². The zero-order chi connectivity index (χ0) is 22.1. The molecule has 2 heterocycles. The van der Waals surface area contributed by atoms with E-state index in [-0.39, 0.29) is 5.91 Å². The van der Waals surface area contributed by atoms with Crippen molar-refractivity contribution in [3.63, 3.8) is 0 Å². The van der Waals surface area contributed by atoms with Gasteiger partial charge in [0.15, 0.2) is 5.17 Å².